The molecule has 0 amide bonds. The standard InChI is InChI=1S/C15H23N3O/c1-15(19)8-5-9-18(11-15)13(10-14(16)17)12-6-3-2-4-7-12/h2-4,6-7,13,19H,5,8-11H2,1H3,(H3,16,17). The van der Waals surface area contributed by atoms with Crippen LogP contribution >= 0.6 is 0 Å². The predicted molar refractivity (Wildman–Crippen MR) is 77.1 cm³/mol. The number of nitrogens with two attached hydrogens (primary N) is 1. The lowest BCUT2D eigenvalue weighted by atomic mass is 9.91. The van der Waals surface area contributed by atoms with Crippen molar-refractivity contribution < 1.29 is 5.11 Å². The normalized spacial score (nSPS) is 26.0. The molecule has 19 heavy (non-hydrogen) atoms. The molecule has 1 heterocycles. The molecule has 0 aromatic heterocycles. The summed E-state index contributed by atoms with van der Waals surface area (Å²) in [6.07, 6.45) is 2.33. The summed E-state index contributed by atoms with van der Waals surface area (Å²) in [7, 11) is 0. The Morgan fingerprint density at radius 3 is 2.74 bits per heavy atom. The van der Waals surface area contributed by atoms with Crippen molar-refractivity contribution in [3.8, 4) is 0 Å². The number of benzene rings is 1. The minimum absolute atomic E-state index is 0.0884. The van der Waals surface area contributed by atoms with Crippen LogP contribution in [0, 0.1) is 5.41 Å². The summed E-state index contributed by atoms with van der Waals surface area (Å²) in [5, 5.41) is 17.8. The van der Waals surface area contributed by atoms with Gasteiger partial charge in [0, 0.05) is 19.0 Å². The molecule has 4 heteroatoms. The fourth-order valence-electron chi connectivity index (χ4n) is 2.87. The SMILES string of the molecule is CC1(O)CCCN(C(CC(=N)N)c2ccccc2)C1. The van der Waals surface area contributed by atoms with Crippen LogP contribution in [-0.4, -0.2) is 34.5 Å². The summed E-state index contributed by atoms with van der Waals surface area (Å²) in [6, 6.07) is 10.2. The predicted octanol–water partition coefficient (Wildman–Crippen LogP) is 1.90. The van der Waals surface area contributed by atoms with E-state index >= 15 is 0 Å². The second-order valence-corrected chi connectivity index (χ2v) is 5.73. The molecule has 0 aliphatic carbocycles. The Hall–Kier alpha value is -1.39. The fraction of sp³-hybridized carbons (Fsp3) is 0.533. The first-order chi connectivity index (χ1) is 8.98. The first-order valence-corrected chi connectivity index (χ1v) is 6.82. The van der Waals surface area contributed by atoms with Crippen LogP contribution < -0.4 is 5.73 Å². The number of piperidine rings is 1. The molecule has 2 unspecified atom stereocenters. The minimum atomic E-state index is -0.637. The molecule has 104 valence electrons. The van der Waals surface area contributed by atoms with Gasteiger partial charge in [-0.15, -0.1) is 0 Å². The van der Waals surface area contributed by atoms with Crippen LogP contribution in [0.5, 0.6) is 0 Å². The Bertz CT molecular complexity index is 430. The quantitative estimate of drug-likeness (QED) is 0.572. The minimum Gasteiger partial charge on any atom is -0.389 e. The number of rotatable bonds is 4. The summed E-state index contributed by atoms with van der Waals surface area (Å²) >= 11 is 0. The molecular weight excluding hydrogens is 238 g/mol. The van der Waals surface area contributed by atoms with Crippen molar-refractivity contribution in [2.24, 2.45) is 5.73 Å². The highest BCUT2D eigenvalue weighted by molar-refractivity contribution is 5.77. The molecule has 1 aromatic carbocycles. The lowest BCUT2D eigenvalue weighted by molar-refractivity contribution is -0.0296. The molecule has 0 radical (unpaired) electrons. The number of nitrogens with one attached hydrogen (secondary N) is 1. The monoisotopic (exact) mass is 261 g/mol. The molecule has 2 rings (SSSR count). The molecule has 0 bridgehead atoms. The average molecular weight is 261 g/mol. The van der Waals surface area contributed by atoms with Crippen LogP contribution in [0.2, 0.25) is 0 Å². The summed E-state index contributed by atoms with van der Waals surface area (Å²) in [5.74, 6) is 0.194. The Balaban J connectivity index is 2.20. The third-order valence-electron chi connectivity index (χ3n) is 3.74. The Labute approximate surface area is 114 Å². The molecule has 1 aliphatic rings. The van der Waals surface area contributed by atoms with E-state index in [0.29, 0.717) is 13.0 Å². The van der Waals surface area contributed by atoms with Crippen molar-refractivity contribution in [3.05, 3.63) is 35.9 Å². The molecule has 4 N–H and O–H groups in total. The molecule has 4 nitrogen and oxygen atoms in total. The van der Waals surface area contributed by atoms with Crippen molar-refractivity contribution >= 4 is 5.84 Å². The summed E-state index contributed by atoms with van der Waals surface area (Å²) in [6.45, 7) is 3.47. The van der Waals surface area contributed by atoms with Gasteiger partial charge in [0.1, 0.15) is 0 Å². The average Bonchev–Trinajstić information content (AvgIpc) is 2.35. The second-order valence-electron chi connectivity index (χ2n) is 5.73. The molecular formula is C15H23N3O. The van der Waals surface area contributed by atoms with Crippen LogP contribution in [0.15, 0.2) is 30.3 Å². The van der Waals surface area contributed by atoms with Crippen LogP contribution in [0.4, 0.5) is 0 Å². The van der Waals surface area contributed by atoms with Gasteiger partial charge in [0.25, 0.3) is 0 Å². The Kier molecular flexibility index (Phi) is 4.22. The number of hydrogen-bond acceptors (Lipinski definition) is 3. The molecule has 1 fully saturated rings. The van der Waals surface area contributed by atoms with E-state index in [2.05, 4.69) is 17.0 Å². The number of likely N-dealkylation sites (tertiary alicyclic amines) is 1. The highest BCUT2D eigenvalue weighted by atomic mass is 16.3. The number of amidine groups is 1. The smallest absolute Gasteiger partial charge is 0.0924 e. The number of hydrogen-bond donors (Lipinski definition) is 3. The van der Waals surface area contributed by atoms with Gasteiger partial charge in [0.05, 0.1) is 11.4 Å². The lowest BCUT2D eigenvalue weighted by Gasteiger charge is -2.41. The first kappa shape index (κ1) is 14.0. The highest BCUT2D eigenvalue weighted by Crippen LogP contribution is 2.30. The van der Waals surface area contributed by atoms with Crippen LogP contribution in [-0.2, 0) is 0 Å². The van der Waals surface area contributed by atoms with Gasteiger partial charge in [-0.1, -0.05) is 30.3 Å². The van der Waals surface area contributed by atoms with E-state index in [1.807, 2.05) is 25.1 Å². The van der Waals surface area contributed by atoms with Gasteiger partial charge in [0.2, 0.25) is 0 Å². The molecule has 0 spiro atoms. The van der Waals surface area contributed by atoms with Gasteiger partial charge in [-0.05, 0) is 31.9 Å². The number of nitrogens with zero attached hydrogens (tertiary/aromatic N) is 1. The van der Waals surface area contributed by atoms with Crippen molar-refractivity contribution in [1.29, 1.82) is 5.41 Å². The molecule has 1 aromatic rings. The zero-order valence-electron chi connectivity index (χ0n) is 11.5. The van der Waals surface area contributed by atoms with Gasteiger partial charge in [-0.25, -0.2) is 0 Å². The lowest BCUT2D eigenvalue weighted by Crippen LogP contribution is -2.48. The maximum absolute atomic E-state index is 10.2. The third kappa shape index (κ3) is 3.78. The third-order valence-corrected chi connectivity index (χ3v) is 3.74. The van der Waals surface area contributed by atoms with E-state index in [1.165, 1.54) is 0 Å². The maximum atomic E-state index is 10.2. The maximum Gasteiger partial charge on any atom is 0.0924 e. The van der Waals surface area contributed by atoms with Crippen LogP contribution in [0.25, 0.3) is 0 Å². The molecule has 0 saturated carbocycles. The molecule has 2 atom stereocenters. The van der Waals surface area contributed by atoms with E-state index in [4.69, 9.17) is 11.1 Å². The fourth-order valence-corrected chi connectivity index (χ4v) is 2.87. The summed E-state index contributed by atoms with van der Waals surface area (Å²) in [4.78, 5) is 2.25. The summed E-state index contributed by atoms with van der Waals surface area (Å²) in [5.41, 5.74) is 6.12. The first-order valence-electron chi connectivity index (χ1n) is 6.82. The zero-order valence-corrected chi connectivity index (χ0v) is 11.5. The van der Waals surface area contributed by atoms with E-state index < -0.39 is 5.60 Å². The molecule has 1 aliphatic heterocycles. The molecule has 1 saturated heterocycles. The van der Waals surface area contributed by atoms with Crippen molar-refractivity contribution in [2.75, 3.05) is 13.1 Å². The van der Waals surface area contributed by atoms with E-state index in [9.17, 15) is 5.11 Å². The van der Waals surface area contributed by atoms with Gasteiger partial charge >= 0.3 is 0 Å². The second kappa shape index (κ2) is 5.72. The number of β-amino-alcohol motifs (C(OH)–C–C–N with tert-alkyl or cyclic N) is 1. The summed E-state index contributed by atoms with van der Waals surface area (Å²) < 4.78 is 0. The van der Waals surface area contributed by atoms with E-state index in [-0.39, 0.29) is 11.9 Å². The van der Waals surface area contributed by atoms with Gasteiger partial charge in [-0.3, -0.25) is 10.3 Å². The van der Waals surface area contributed by atoms with E-state index in [0.717, 1.165) is 24.9 Å². The van der Waals surface area contributed by atoms with Gasteiger partial charge < -0.3 is 10.8 Å². The van der Waals surface area contributed by atoms with Crippen molar-refractivity contribution in [2.45, 2.75) is 37.8 Å². The highest BCUT2D eigenvalue weighted by Gasteiger charge is 2.32. The van der Waals surface area contributed by atoms with Gasteiger partial charge in [0.15, 0.2) is 0 Å². The van der Waals surface area contributed by atoms with Gasteiger partial charge in [-0.2, -0.15) is 0 Å². The van der Waals surface area contributed by atoms with Crippen LogP contribution in [0.3, 0.4) is 0 Å². The largest absolute Gasteiger partial charge is 0.389 e. The Morgan fingerprint density at radius 2 is 2.16 bits per heavy atom. The van der Waals surface area contributed by atoms with Crippen molar-refractivity contribution in [1.82, 2.24) is 4.90 Å². The Morgan fingerprint density at radius 1 is 1.47 bits per heavy atom. The van der Waals surface area contributed by atoms with Crippen LogP contribution in [0.1, 0.15) is 37.8 Å². The van der Waals surface area contributed by atoms with E-state index in [1.54, 1.807) is 0 Å². The number of aliphatic hydroxyl groups is 1. The topological polar surface area (TPSA) is 73.3 Å². The zero-order chi connectivity index (χ0) is 13.9. The van der Waals surface area contributed by atoms with Crippen molar-refractivity contribution in [3.63, 3.8) is 0 Å².